The molecule has 3 rings (SSSR count). The second-order valence-corrected chi connectivity index (χ2v) is 9.42. The molecule has 3 aromatic rings. The monoisotopic (exact) mass is 505 g/mol. The molecule has 13 heteroatoms. The Bertz CT molecular complexity index is 1450. The minimum absolute atomic E-state index is 0.0177. The van der Waals surface area contributed by atoms with Crippen molar-refractivity contribution in [2.45, 2.75) is 18.0 Å². The van der Waals surface area contributed by atoms with E-state index in [1.54, 1.807) is 0 Å². The normalized spacial score (nSPS) is 12.8. The highest BCUT2D eigenvalue weighted by Gasteiger charge is 2.38. The molecular weight excluding hydrogens is 487 g/mol. The molecule has 182 valence electrons. The number of methoxy groups -OCH3 is 1. The van der Waals surface area contributed by atoms with Gasteiger partial charge in [0.1, 0.15) is 5.56 Å². The molecule has 0 spiro atoms. The van der Waals surface area contributed by atoms with Crippen LogP contribution < -0.4 is 14.8 Å². The number of nitrogens with one attached hydrogen (secondary N) is 2. The number of carbonyl (C=O) groups excluding carboxylic acids is 1. The molecule has 1 aromatic heterocycles. The summed E-state index contributed by atoms with van der Waals surface area (Å²) in [5.41, 5.74) is -2.13. The van der Waals surface area contributed by atoms with E-state index in [9.17, 15) is 22.2 Å². The topological polar surface area (TPSA) is 138 Å². The number of rotatable bonds is 6. The second kappa shape index (κ2) is 9.59. The number of hydrogen-bond donors (Lipinski definition) is 2. The average molecular weight is 505 g/mol. The summed E-state index contributed by atoms with van der Waals surface area (Å²) in [6.45, 7) is 1.05. The molecule has 1 heterocycles. The third-order valence-corrected chi connectivity index (χ3v) is 5.87. The lowest BCUT2D eigenvalue weighted by atomic mass is 10.1. The maximum Gasteiger partial charge on any atom is 0.435 e. The van der Waals surface area contributed by atoms with Gasteiger partial charge >= 0.3 is 6.18 Å². The quantitative estimate of drug-likeness (QED) is 0.492. The zero-order valence-corrected chi connectivity index (χ0v) is 19.4. The van der Waals surface area contributed by atoms with Gasteiger partial charge in [0.25, 0.3) is 11.8 Å². The number of anilines is 1. The van der Waals surface area contributed by atoms with Crippen molar-refractivity contribution < 1.29 is 31.6 Å². The van der Waals surface area contributed by atoms with Gasteiger partial charge in [0, 0.05) is 22.9 Å². The molecule has 0 bridgehead atoms. The minimum Gasteiger partial charge on any atom is -0.493 e. The summed E-state index contributed by atoms with van der Waals surface area (Å²) < 4.78 is 70.9. The zero-order valence-electron chi connectivity index (χ0n) is 18.6. The maximum absolute atomic E-state index is 13.5. The zero-order chi connectivity index (χ0) is 26.0. The van der Waals surface area contributed by atoms with Crippen LogP contribution in [0.25, 0.3) is 0 Å². The van der Waals surface area contributed by atoms with Crippen molar-refractivity contribution in [3.05, 3.63) is 64.8 Å². The van der Waals surface area contributed by atoms with E-state index in [0.29, 0.717) is 0 Å². The van der Waals surface area contributed by atoms with Gasteiger partial charge < -0.3 is 14.8 Å². The van der Waals surface area contributed by atoms with Crippen molar-refractivity contribution in [2.75, 3.05) is 18.7 Å². The van der Waals surface area contributed by atoms with Crippen molar-refractivity contribution >= 4 is 21.3 Å². The van der Waals surface area contributed by atoms with E-state index in [4.69, 9.17) is 19.5 Å². The molecule has 2 N–H and O–H groups in total. The van der Waals surface area contributed by atoms with Crippen LogP contribution in [0.15, 0.2) is 47.4 Å². The highest BCUT2D eigenvalue weighted by Crippen LogP contribution is 2.37. The highest BCUT2D eigenvalue weighted by molar-refractivity contribution is 7.91. The van der Waals surface area contributed by atoms with Crippen LogP contribution in [0.4, 0.5) is 18.9 Å². The van der Waals surface area contributed by atoms with E-state index in [1.807, 2.05) is 6.07 Å². The average Bonchev–Trinajstić information content (AvgIpc) is 2.78. The summed E-state index contributed by atoms with van der Waals surface area (Å²) in [5.74, 6) is -1.48. The van der Waals surface area contributed by atoms with Crippen LogP contribution in [0.2, 0.25) is 0 Å². The lowest BCUT2D eigenvalue weighted by molar-refractivity contribution is -0.142. The fraction of sp³-hybridized carbons (Fsp3) is 0.182. The number of hydrogen-bond acceptors (Lipinski definition) is 8. The van der Waals surface area contributed by atoms with Crippen LogP contribution in [-0.2, 0) is 15.9 Å². The van der Waals surface area contributed by atoms with Crippen molar-refractivity contribution in [1.82, 2.24) is 10.2 Å². The Hall–Kier alpha value is -4.18. The number of benzene rings is 2. The minimum atomic E-state index is -4.89. The molecule has 0 radical (unpaired) electrons. The number of aromatic nitrogens is 2. The smallest absolute Gasteiger partial charge is 0.435 e. The largest absolute Gasteiger partial charge is 0.493 e. The van der Waals surface area contributed by atoms with E-state index >= 15 is 0 Å². The van der Waals surface area contributed by atoms with E-state index < -0.39 is 44.5 Å². The SMILES string of the molecule is COc1cc(C#N)ccc1Oc1nnc(C(F)(F)F)c(C)c1C(=O)Nc1cccc([S@@](C)(=N)=O)c1. The predicted molar refractivity (Wildman–Crippen MR) is 119 cm³/mol. The first kappa shape index (κ1) is 25.4. The summed E-state index contributed by atoms with van der Waals surface area (Å²) in [6.07, 6.45) is -3.70. The van der Waals surface area contributed by atoms with Crippen LogP contribution in [-0.4, -0.2) is 33.7 Å². The van der Waals surface area contributed by atoms with Crippen molar-refractivity contribution in [1.29, 1.82) is 10.0 Å². The predicted octanol–water partition coefficient (Wildman–Crippen LogP) is 4.76. The maximum atomic E-state index is 13.5. The lowest BCUT2D eigenvalue weighted by Gasteiger charge is -2.17. The molecule has 1 atom stereocenters. The Balaban J connectivity index is 2.10. The highest BCUT2D eigenvalue weighted by atomic mass is 32.2. The molecule has 2 aromatic carbocycles. The first-order valence-corrected chi connectivity index (χ1v) is 11.7. The fourth-order valence-corrected chi connectivity index (χ4v) is 3.73. The van der Waals surface area contributed by atoms with Gasteiger partial charge in [-0.05, 0) is 42.8 Å². The van der Waals surface area contributed by atoms with Gasteiger partial charge in [-0.15, -0.1) is 10.2 Å². The Kier molecular flexibility index (Phi) is 6.97. The summed E-state index contributed by atoms with van der Waals surface area (Å²) in [5, 5.41) is 18.2. The molecule has 0 aliphatic heterocycles. The fourth-order valence-electron chi connectivity index (χ4n) is 3.04. The first-order chi connectivity index (χ1) is 16.3. The molecule has 0 saturated heterocycles. The molecule has 0 saturated carbocycles. The number of amides is 1. The number of nitriles is 1. The van der Waals surface area contributed by atoms with Gasteiger partial charge in [-0.3, -0.25) is 4.79 Å². The number of carbonyl (C=O) groups is 1. The third-order valence-electron chi connectivity index (χ3n) is 4.72. The number of ether oxygens (including phenoxy) is 2. The molecule has 1 amide bonds. The molecule has 9 nitrogen and oxygen atoms in total. The van der Waals surface area contributed by atoms with Gasteiger partial charge in [-0.25, -0.2) is 8.99 Å². The molecule has 0 aliphatic rings. The van der Waals surface area contributed by atoms with E-state index in [2.05, 4.69) is 15.5 Å². The van der Waals surface area contributed by atoms with Crippen LogP contribution in [0.5, 0.6) is 17.4 Å². The van der Waals surface area contributed by atoms with Crippen LogP contribution in [0, 0.1) is 23.0 Å². The second-order valence-electron chi connectivity index (χ2n) is 7.26. The summed E-state index contributed by atoms with van der Waals surface area (Å²) >= 11 is 0. The molecular formula is C22H18F3N5O4S. The Labute approximate surface area is 198 Å². The van der Waals surface area contributed by atoms with Gasteiger partial charge in [-0.2, -0.15) is 18.4 Å². The van der Waals surface area contributed by atoms with E-state index in [1.165, 1.54) is 55.8 Å². The van der Waals surface area contributed by atoms with Crippen LogP contribution in [0.1, 0.15) is 27.2 Å². The van der Waals surface area contributed by atoms with Crippen molar-refractivity contribution in [3.63, 3.8) is 0 Å². The standard InChI is InChI=1S/C22H18F3N5O4S/c1-12-18(20(31)28-14-5-4-6-15(10-14)35(3,27)32)21(30-29-19(12)22(23,24)25)34-16-8-7-13(11-26)9-17(16)33-2/h4-10,27H,1-3H3,(H,28,31)/t35-/m0/s1. The van der Waals surface area contributed by atoms with Gasteiger partial charge in [0.15, 0.2) is 17.2 Å². The van der Waals surface area contributed by atoms with E-state index in [-0.39, 0.29) is 27.6 Å². The third kappa shape index (κ3) is 5.67. The van der Waals surface area contributed by atoms with Crippen LogP contribution in [0.3, 0.4) is 0 Å². The van der Waals surface area contributed by atoms with Gasteiger partial charge in [0.2, 0.25) is 0 Å². The van der Waals surface area contributed by atoms with E-state index in [0.717, 1.165) is 6.92 Å². The molecule has 0 unspecified atom stereocenters. The van der Waals surface area contributed by atoms with Crippen molar-refractivity contribution in [2.24, 2.45) is 0 Å². The Morgan fingerprint density at radius 2 is 1.89 bits per heavy atom. The number of halogens is 3. The molecule has 35 heavy (non-hydrogen) atoms. The number of nitrogens with zero attached hydrogens (tertiary/aromatic N) is 3. The Morgan fingerprint density at radius 1 is 1.17 bits per heavy atom. The molecule has 0 fully saturated rings. The van der Waals surface area contributed by atoms with Gasteiger partial charge in [0.05, 0.1) is 28.5 Å². The van der Waals surface area contributed by atoms with Gasteiger partial charge in [-0.1, -0.05) is 6.07 Å². The Morgan fingerprint density at radius 3 is 2.49 bits per heavy atom. The summed E-state index contributed by atoms with van der Waals surface area (Å²) in [7, 11) is -1.81. The van der Waals surface area contributed by atoms with Crippen molar-refractivity contribution in [3.8, 4) is 23.4 Å². The first-order valence-electron chi connectivity index (χ1n) is 9.71. The number of alkyl halides is 3. The van der Waals surface area contributed by atoms with Crippen LogP contribution >= 0.6 is 0 Å². The lowest BCUT2D eigenvalue weighted by Crippen LogP contribution is -2.21. The summed E-state index contributed by atoms with van der Waals surface area (Å²) in [6, 6.07) is 11.6. The molecule has 0 aliphatic carbocycles. The summed E-state index contributed by atoms with van der Waals surface area (Å²) in [4.78, 5) is 13.2.